The summed E-state index contributed by atoms with van der Waals surface area (Å²) in [5.41, 5.74) is 5.34. The molecule has 1 amide bonds. The number of nitrogen functional groups attached to an aromatic ring is 1. The highest BCUT2D eigenvalue weighted by molar-refractivity contribution is 7.85. The van der Waals surface area contributed by atoms with Crippen LogP contribution in [0.15, 0.2) is 23.1 Å². The molecule has 0 heterocycles. The number of hydrogen-bond acceptors (Lipinski definition) is 3. The average molecular weight is 286 g/mol. The van der Waals surface area contributed by atoms with Gasteiger partial charge in [0.05, 0.1) is 16.5 Å². The van der Waals surface area contributed by atoms with E-state index in [9.17, 15) is 13.4 Å². The topological polar surface area (TPSA) is 72.2 Å². The molecule has 0 bridgehead atoms. The van der Waals surface area contributed by atoms with Crippen LogP contribution >= 0.6 is 0 Å². The molecule has 0 aliphatic heterocycles. The summed E-state index contributed by atoms with van der Waals surface area (Å²) in [6.07, 6.45) is 1.65. The molecule has 1 unspecified atom stereocenters. The van der Waals surface area contributed by atoms with Gasteiger partial charge in [0.1, 0.15) is 11.6 Å². The van der Waals surface area contributed by atoms with Gasteiger partial charge in [-0.05, 0) is 31.0 Å². The van der Waals surface area contributed by atoms with Crippen LogP contribution in [-0.2, 0) is 15.6 Å². The summed E-state index contributed by atoms with van der Waals surface area (Å²) in [7, 11) is -1.56. The van der Waals surface area contributed by atoms with Gasteiger partial charge >= 0.3 is 0 Å². The zero-order chi connectivity index (χ0) is 14.4. The Balaban J connectivity index is 2.64. The quantitative estimate of drug-likeness (QED) is 0.784. The molecule has 1 atom stereocenters. The van der Waals surface area contributed by atoms with Crippen LogP contribution in [0.1, 0.15) is 26.7 Å². The Morgan fingerprint density at radius 2 is 2.05 bits per heavy atom. The first-order valence-electron chi connectivity index (χ1n) is 6.20. The smallest absolute Gasteiger partial charge is 0.233 e. The van der Waals surface area contributed by atoms with Crippen LogP contribution < -0.4 is 11.1 Å². The molecule has 0 aromatic heterocycles. The van der Waals surface area contributed by atoms with Crippen molar-refractivity contribution in [1.82, 2.24) is 5.32 Å². The standard InChI is InChI=1S/C13H19FN2O2S/c1-3-9(4-2)16-13(17)8-19(18)10-5-6-12(15)11(14)7-10/h5-7,9H,3-4,8,15H2,1-2H3,(H,16,17). The van der Waals surface area contributed by atoms with E-state index in [2.05, 4.69) is 5.32 Å². The number of carbonyl (C=O) groups excluding carboxylic acids is 1. The molecule has 4 nitrogen and oxygen atoms in total. The van der Waals surface area contributed by atoms with E-state index in [4.69, 9.17) is 5.73 Å². The van der Waals surface area contributed by atoms with Gasteiger partial charge < -0.3 is 11.1 Å². The van der Waals surface area contributed by atoms with Crippen LogP contribution in [0, 0.1) is 5.82 Å². The fraction of sp³-hybridized carbons (Fsp3) is 0.462. The third kappa shape index (κ3) is 4.63. The molecule has 0 radical (unpaired) electrons. The van der Waals surface area contributed by atoms with Gasteiger partial charge in [0.15, 0.2) is 0 Å². The fourth-order valence-electron chi connectivity index (χ4n) is 1.61. The average Bonchev–Trinajstić information content (AvgIpc) is 2.38. The van der Waals surface area contributed by atoms with E-state index in [1.807, 2.05) is 13.8 Å². The molecule has 0 fully saturated rings. The zero-order valence-corrected chi connectivity index (χ0v) is 11.9. The summed E-state index contributed by atoms with van der Waals surface area (Å²) in [6, 6.07) is 4.02. The Morgan fingerprint density at radius 3 is 2.58 bits per heavy atom. The summed E-state index contributed by atoms with van der Waals surface area (Å²) in [5, 5.41) is 2.79. The van der Waals surface area contributed by atoms with Crippen molar-refractivity contribution in [2.75, 3.05) is 11.5 Å². The van der Waals surface area contributed by atoms with Crippen LogP contribution in [0.4, 0.5) is 10.1 Å². The van der Waals surface area contributed by atoms with E-state index in [1.165, 1.54) is 12.1 Å². The lowest BCUT2D eigenvalue weighted by Gasteiger charge is -2.14. The molecule has 0 aliphatic rings. The molecule has 1 rings (SSSR count). The van der Waals surface area contributed by atoms with Crippen molar-refractivity contribution < 1.29 is 13.4 Å². The second kappa shape index (κ2) is 7.23. The molecular weight excluding hydrogens is 267 g/mol. The fourth-order valence-corrected chi connectivity index (χ4v) is 2.56. The number of rotatable bonds is 6. The highest BCUT2D eigenvalue weighted by Gasteiger charge is 2.14. The van der Waals surface area contributed by atoms with E-state index in [0.29, 0.717) is 0 Å². The molecule has 1 aromatic rings. The molecule has 0 saturated carbocycles. The van der Waals surface area contributed by atoms with E-state index >= 15 is 0 Å². The van der Waals surface area contributed by atoms with Crippen LogP contribution in [0.5, 0.6) is 0 Å². The third-order valence-electron chi connectivity index (χ3n) is 2.85. The van der Waals surface area contributed by atoms with Gasteiger partial charge in [-0.2, -0.15) is 0 Å². The molecule has 0 spiro atoms. The van der Waals surface area contributed by atoms with Crippen molar-refractivity contribution in [2.24, 2.45) is 0 Å². The monoisotopic (exact) mass is 286 g/mol. The number of halogens is 1. The highest BCUT2D eigenvalue weighted by atomic mass is 32.2. The molecule has 19 heavy (non-hydrogen) atoms. The van der Waals surface area contributed by atoms with Gasteiger partial charge in [0.2, 0.25) is 5.91 Å². The summed E-state index contributed by atoms with van der Waals surface area (Å²) < 4.78 is 25.2. The van der Waals surface area contributed by atoms with E-state index in [0.717, 1.165) is 18.9 Å². The molecule has 106 valence electrons. The lowest BCUT2D eigenvalue weighted by molar-refractivity contribution is -0.119. The minimum absolute atomic E-state index is 0.00207. The second-order valence-electron chi connectivity index (χ2n) is 4.25. The van der Waals surface area contributed by atoms with Gasteiger partial charge in [0, 0.05) is 10.9 Å². The Hall–Kier alpha value is -1.43. The lowest BCUT2D eigenvalue weighted by Crippen LogP contribution is -2.36. The lowest BCUT2D eigenvalue weighted by atomic mass is 10.2. The Bertz CT molecular complexity index is 476. The second-order valence-corrected chi connectivity index (χ2v) is 5.71. The van der Waals surface area contributed by atoms with E-state index < -0.39 is 16.6 Å². The Kier molecular flexibility index (Phi) is 5.95. The van der Waals surface area contributed by atoms with Gasteiger partial charge in [0.25, 0.3) is 0 Å². The number of anilines is 1. The zero-order valence-electron chi connectivity index (χ0n) is 11.1. The van der Waals surface area contributed by atoms with Gasteiger partial charge in [-0.15, -0.1) is 0 Å². The molecule has 1 aromatic carbocycles. The molecule has 0 aliphatic carbocycles. The number of hydrogen-bond donors (Lipinski definition) is 2. The van der Waals surface area contributed by atoms with Gasteiger partial charge in [-0.1, -0.05) is 13.8 Å². The number of nitrogens with one attached hydrogen (secondary N) is 1. The van der Waals surface area contributed by atoms with E-state index in [-0.39, 0.29) is 28.3 Å². The van der Waals surface area contributed by atoms with Gasteiger partial charge in [-0.25, -0.2) is 4.39 Å². The van der Waals surface area contributed by atoms with Crippen LogP contribution in [-0.4, -0.2) is 21.9 Å². The predicted octanol–water partition coefficient (Wildman–Crippen LogP) is 1.82. The van der Waals surface area contributed by atoms with Crippen molar-refractivity contribution in [3.8, 4) is 0 Å². The Labute approximate surface area is 115 Å². The predicted molar refractivity (Wildman–Crippen MR) is 74.6 cm³/mol. The third-order valence-corrected chi connectivity index (χ3v) is 4.15. The largest absolute Gasteiger partial charge is 0.396 e. The summed E-state index contributed by atoms with van der Waals surface area (Å²) >= 11 is 0. The minimum Gasteiger partial charge on any atom is -0.396 e. The van der Waals surface area contributed by atoms with Crippen molar-refractivity contribution in [1.29, 1.82) is 0 Å². The molecule has 3 N–H and O–H groups in total. The number of nitrogens with two attached hydrogens (primary N) is 1. The van der Waals surface area contributed by atoms with Gasteiger partial charge in [-0.3, -0.25) is 9.00 Å². The number of carbonyl (C=O) groups is 1. The highest BCUT2D eigenvalue weighted by Crippen LogP contribution is 2.15. The Morgan fingerprint density at radius 1 is 1.42 bits per heavy atom. The van der Waals surface area contributed by atoms with Crippen LogP contribution in [0.2, 0.25) is 0 Å². The van der Waals surface area contributed by atoms with Crippen molar-refractivity contribution >= 4 is 22.4 Å². The molecular formula is C13H19FN2O2S. The van der Waals surface area contributed by atoms with Crippen molar-refractivity contribution in [3.63, 3.8) is 0 Å². The van der Waals surface area contributed by atoms with Crippen LogP contribution in [0.25, 0.3) is 0 Å². The first kappa shape index (κ1) is 15.6. The first-order chi connectivity index (χ1) is 8.97. The number of benzene rings is 1. The van der Waals surface area contributed by atoms with Crippen molar-refractivity contribution in [3.05, 3.63) is 24.0 Å². The maximum Gasteiger partial charge on any atom is 0.233 e. The maximum atomic E-state index is 13.2. The molecule has 6 heteroatoms. The maximum absolute atomic E-state index is 13.2. The van der Waals surface area contributed by atoms with E-state index in [1.54, 1.807) is 0 Å². The van der Waals surface area contributed by atoms with Crippen molar-refractivity contribution in [2.45, 2.75) is 37.6 Å². The number of amides is 1. The molecule has 0 saturated heterocycles. The first-order valence-corrected chi connectivity index (χ1v) is 7.52. The summed E-state index contributed by atoms with van der Waals surface area (Å²) in [5.74, 6) is -1.07. The summed E-state index contributed by atoms with van der Waals surface area (Å²) in [6.45, 7) is 3.95. The normalized spacial score (nSPS) is 12.4. The van der Waals surface area contributed by atoms with Crippen LogP contribution in [0.3, 0.4) is 0 Å². The summed E-state index contributed by atoms with van der Waals surface area (Å²) in [4.78, 5) is 12.0. The SMILES string of the molecule is CCC(CC)NC(=O)CS(=O)c1ccc(N)c(F)c1. The minimum atomic E-state index is -1.56.